The number of hydrogen-bond acceptors (Lipinski definition) is 7. The van der Waals surface area contributed by atoms with Crippen molar-refractivity contribution in [2.24, 2.45) is 0 Å². The molecule has 0 radical (unpaired) electrons. The molecule has 1 amide bonds. The lowest BCUT2D eigenvalue weighted by atomic mass is 10.1. The first-order chi connectivity index (χ1) is 14.5. The van der Waals surface area contributed by atoms with Crippen molar-refractivity contribution in [1.82, 2.24) is 4.98 Å². The summed E-state index contributed by atoms with van der Waals surface area (Å²) in [6, 6.07) is 14.1. The van der Waals surface area contributed by atoms with Gasteiger partial charge >= 0.3 is 5.63 Å². The minimum absolute atomic E-state index is 0.195. The van der Waals surface area contributed by atoms with Crippen molar-refractivity contribution < 1.29 is 18.7 Å². The summed E-state index contributed by atoms with van der Waals surface area (Å²) in [7, 11) is 1.61. The SMILES string of the molecule is COc1ccc(-c2csc(NC(=O)COc3ccc4c(C)cc(=O)oc4c3)n2)cc1. The van der Waals surface area contributed by atoms with Crippen LogP contribution in [0, 0.1) is 6.92 Å². The fourth-order valence-corrected chi connectivity index (χ4v) is 3.66. The number of aromatic nitrogens is 1. The van der Waals surface area contributed by atoms with Crippen molar-refractivity contribution in [2.45, 2.75) is 6.92 Å². The third-order valence-electron chi connectivity index (χ3n) is 4.43. The molecule has 0 fully saturated rings. The van der Waals surface area contributed by atoms with Crippen LogP contribution in [0.2, 0.25) is 0 Å². The topological polar surface area (TPSA) is 90.7 Å². The molecule has 30 heavy (non-hydrogen) atoms. The van der Waals surface area contributed by atoms with Crippen LogP contribution in [0.3, 0.4) is 0 Å². The summed E-state index contributed by atoms with van der Waals surface area (Å²) < 4.78 is 15.9. The van der Waals surface area contributed by atoms with Gasteiger partial charge in [-0.25, -0.2) is 9.78 Å². The highest BCUT2D eigenvalue weighted by Crippen LogP contribution is 2.26. The van der Waals surface area contributed by atoms with Gasteiger partial charge in [0.05, 0.1) is 12.8 Å². The minimum atomic E-state index is -0.425. The Morgan fingerprint density at radius 3 is 2.67 bits per heavy atom. The maximum absolute atomic E-state index is 12.2. The second-order valence-electron chi connectivity index (χ2n) is 6.51. The van der Waals surface area contributed by atoms with Gasteiger partial charge in [0.15, 0.2) is 11.7 Å². The molecule has 1 N–H and O–H groups in total. The number of hydrogen-bond donors (Lipinski definition) is 1. The van der Waals surface area contributed by atoms with Crippen molar-refractivity contribution in [3.63, 3.8) is 0 Å². The molecule has 7 nitrogen and oxygen atoms in total. The average Bonchev–Trinajstić information content (AvgIpc) is 3.20. The van der Waals surface area contributed by atoms with E-state index >= 15 is 0 Å². The molecular formula is C22H18N2O5S. The highest BCUT2D eigenvalue weighted by Gasteiger charge is 2.10. The molecule has 152 valence electrons. The zero-order valence-electron chi connectivity index (χ0n) is 16.3. The van der Waals surface area contributed by atoms with Crippen LogP contribution in [0.25, 0.3) is 22.2 Å². The number of rotatable bonds is 6. The van der Waals surface area contributed by atoms with Crippen LogP contribution in [-0.4, -0.2) is 24.6 Å². The second-order valence-corrected chi connectivity index (χ2v) is 7.37. The number of fused-ring (bicyclic) bond motifs is 1. The summed E-state index contributed by atoms with van der Waals surface area (Å²) in [5.41, 5.74) is 2.51. The Bertz CT molecular complexity index is 1260. The van der Waals surface area contributed by atoms with Gasteiger partial charge in [-0.05, 0) is 48.9 Å². The summed E-state index contributed by atoms with van der Waals surface area (Å²) in [5.74, 6) is 0.865. The van der Waals surface area contributed by atoms with E-state index < -0.39 is 5.63 Å². The van der Waals surface area contributed by atoms with Crippen molar-refractivity contribution in [2.75, 3.05) is 19.0 Å². The van der Waals surface area contributed by atoms with Crippen molar-refractivity contribution in [1.29, 1.82) is 0 Å². The van der Waals surface area contributed by atoms with Gasteiger partial charge in [-0.3, -0.25) is 10.1 Å². The first-order valence-corrected chi connectivity index (χ1v) is 9.97. The lowest BCUT2D eigenvalue weighted by molar-refractivity contribution is -0.118. The van der Waals surface area contributed by atoms with E-state index in [1.165, 1.54) is 17.4 Å². The van der Waals surface area contributed by atoms with Gasteiger partial charge in [0.2, 0.25) is 0 Å². The molecule has 8 heteroatoms. The van der Waals surface area contributed by atoms with E-state index in [2.05, 4.69) is 10.3 Å². The fraction of sp³-hybridized carbons (Fsp3) is 0.136. The van der Waals surface area contributed by atoms with E-state index in [1.807, 2.05) is 36.6 Å². The van der Waals surface area contributed by atoms with Crippen molar-refractivity contribution >= 4 is 33.3 Å². The molecule has 0 aliphatic heterocycles. The highest BCUT2D eigenvalue weighted by atomic mass is 32.1. The van der Waals surface area contributed by atoms with Crippen LogP contribution in [0.15, 0.2) is 63.1 Å². The maximum Gasteiger partial charge on any atom is 0.336 e. The molecule has 2 aromatic heterocycles. The molecule has 2 aromatic carbocycles. The Balaban J connectivity index is 1.39. The second kappa shape index (κ2) is 8.38. The van der Waals surface area contributed by atoms with Crippen LogP contribution >= 0.6 is 11.3 Å². The van der Waals surface area contributed by atoms with Crippen molar-refractivity contribution in [3.05, 3.63) is 69.9 Å². The molecule has 4 rings (SSSR count). The first kappa shape index (κ1) is 19.7. The van der Waals surface area contributed by atoms with Crippen LogP contribution in [0.4, 0.5) is 5.13 Å². The van der Waals surface area contributed by atoms with E-state index in [9.17, 15) is 9.59 Å². The number of nitrogens with one attached hydrogen (secondary N) is 1. The Kier molecular flexibility index (Phi) is 5.49. The Hall–Kier alpha value is -3.65. The number of aryl methyl sites for hydroxylation is 1. The molecular weight excluding hydrogens is 404 g/mol. The quantitative estimate of drug-likeness (QED) is 0.467. The Morgan fingerprint density at radius 1 is 1.13 bits per heavy atom. The van der Waals surface area contributed by atoms with E-state index in [1.54, 1.807) is 25.3 Å². The molecule has 0 saturated heterocycles. The number of methoxy groups -OCH3 is 1. The van der Waals surface area contributed by atoms with Gasteiger partial charge in [0.1, 0.15) is 17.1 Å². The molecule has 0 spiro atoms. The zero-order valence-corrected chi connectivity index (χ0v) is 17.1. The van der Waals surface area contributed by atoms with Gasteiger partial charge in [0.25, 0.3) is 5.91 Å². The first-order valence-electron chi connectivity index (χ1n) is 9.09. The molecule has 2 heterocycles. The summed E-state index contributed by atoms with van der Waals surface area (Å²) in [6.07, 6.45) is 0. The van der Waals surface area contributed by atoms with E-state index in [0.717, 1.165) is 28.0 Å². The molecule has 0 aliphatic carbocycles. The smallest absolute Gasteiger partial charge is 0.336 e. The fourth-order valence-electron chi connectivity index (χ4n) is 2.92. The Labute approximate surface area is 175 Å². The normalized spacial score (nSPS) is 10.7. The van der Waals surface area contributed by atoms with E-state index in [0.29, 0.717) is 16.5 Å². The molecule has 0 bridgehead atoms. The molecule has 0 saturated carbocycles. The van der Waals surface area contributed by atoms with Crippen LogP contribution in [0.1, 0.15) is 5.56 Å². The lowest BCUT2D eigenvalue weighted by Crippen LogP contribution is -2.20. The predicted molar refractivity (Wildman–Crippen MR) is 115 cm³/mol. The van der Waals surface area contributed by atoms with Crippen LogP contribution in [-0.2, 0) is 4.79 Å². The van der Waals surface area contributed by atoms with E-state index in [4.69, 9.17) is 13.9 Å². The summed E-state index contributed by atoms with van der Waals surface area (Å²) in [4.78, 5) is 28.2. The number of carbonyl (C=O) groups excluding carboxylic acids is 1. The van der Waals surface area contributed by atoms with Gasteiger partial charge in [-0.2, -0.15) is 0 Å². The number of ether oxygens (including phenoxy) is 2. The third-order valence-corrected chi connectivity index (χ3v) is 5.19. The highest BCUT2D eigenvalue weighted by molar-refractivity contribution is 7.14. The number of carbonyl (C=O) groups is 1. The van der Waals surface area contributed by atoms with Gasteiger partial charge in [-0.1, -0.05) is 0 Å². The lowest BCUT2D eigenvalue weighted by Gasteiger charge is -2.07. The van der Waals surface area contributed by atoms with Gasteiger partial charge < -0.3 is 13.9 Å². The minimum Gasteiger partial charge on any atom is -0.497 e. The Morgan fingerprint density at radius 2 is 1.90 bits per heavy atom. The molecule has 0 atom stereocenters. The van der Waals surface area contributed by atoms with Gasteiger partial charge in [0, 0.05) is 28.5 Å². The number of amides is 1. The van der Waals surface area contributed by atoms with Crippen LogP contribution in [0.5, 0.6) is 11.5 Å². The van der Waals surface area contributed by atoms with Crippen LogP contribution < -0.4 is 20.4 Å². The molecule has 0 unspecified atom stereocenters. The summed E-state index contributed by atoms with van der Waals surface area (Å²) >= 11 is 1.33. The van der Waals surface area contributed by atoms with E-state index in [-0.39, 0.29) is 12.5 Å². The van der Waals surface area contributed by atoms with Crippen molar-refractivity contribution in [3.8, 4) is 22.8 Å². The molecule has 4 aromatic rings. The average molecular weight is 422 g/mol. The third kappa shape index (κ3) is 4.33. The number of anilines is 1. The molecule has 0 aliphatic rings. The monoisotopic (exact) mass is 422 g/mol. The summed E-state index contributed by atoms with van der Waals surface area (Å²) in [5, 5.41) is 5.89. The number of nitrogens with zero attached hydrogens (tertiary/aromatic N) is 1. The largest absolute Gasteiger partial charge is 0.497 e. The summed E-state index contributed by atoms with van der Waals surface area (Å²) in [6.45, 7) is 1.64. The standard InChI is InChI=1S/C22H18N2O5S/c1-13-9-21(26)29-19-10-16(7-8-17(13)19)28-11-20(25)24-22-23-18(12-30-22)14-3-5-15(27-2)6-4-14/h3-10,12H,11H2,1-2H3,(H,23,24,25). The number of thiazole rings is 1. The van der Waals surface area contributed by atoms with Gasteiger partial charge in [-0.15, -0.1) is 11.3 Å². The zero-order chi connectivity index (χ0) is 21.1. The number of benzene rings is 2. The maximum atomic E-state index is 12.2. The predicted octanol–water partition coefficient (Wildman–Crippen LogP) is 4.25.